The molecule has 1 radical (unpaired) electrons. The summed E-state index contributed by atoms with van der Waals surface area (Å²) >= 11 is 0. The van der Waals surface area contributed by atoms with Gasteiger partial charge < -0.3 is 14.8 Å². The van der Waals surface area contributed by atoms with Crippen LogP contribution in [0.1, 0.15) is 33.1 Å². The van der Waals surface area contributed by atoms with Crippen molar-refractivity contribution in [3.63, 3.8) is 0 Å². The quantitative estimate of drug-likeness (QED) is 0.541. The maximum atomic E-state index is 11.0. The zero-order valence-corrected chi connectivity index (χ0v) is 9.25. The summed E-state index contributed by atoms with van der Waals surface area (Å²) in [6.45, 7) is 7.36. The molecule has 0 spiro atoms. The van der Waals surface area contributed by atoms with Gasteiger partial charge in [0.25, 0.3) is 0 Å². The van der Waals surface area contributed by atoms with Crippen LogP contribution in [0.3, 0.4) is 0 Å². The number of nitrogens with one attached hydrogen (secondary N) is 1. The van der Waals surface area contributed by atoms with Gasteiger partial charge in [0.1, 0.15) is 0 Å². The molecule has 0 aromatic carbocycles. The number of hydrogen-bond acceptors (Lipinski definition) is 4. The zero-order valence-electron chi connectivity index (χ0n) is 9.25. The van der Waals surface area contributed by atoms with Gasteiger partial charge in [0.2, 0.25) is 6.29 Å². The van der Waals surface area contributed by atoms with E-state index in [0.717, 1.165) is 0 Å². The molecular formula is C10H18NO4. The molecule has 5 heteroatoms. The van der Waals surface area contributed by atoms with Crippen molar-refractivity contribution >= 4 is 12.1 Å². The Labute approximate surface area is 90.1 Å². The van der Waals surface area contributed by atoms with E-state index in [2.05, 4.69) is 12.2 Å². The van der Waals surface area contributed by atoms with Gasteiger partial charge in [-0.25, -0.2) is 4.79 Å². The van der Waals surface area contributed by atoms with Crippen molar-refractivity contribution in [2.24, 2.45) is 0 Å². The molecule has 0 aliphatic carbocycles. The summed E-state index contributed by atoms with van der Waals surface area (Å²) < 4.78 is 9.55. The number of ether oxygens (including phenoxy) is 2. The van der Waals surface area contributed by atoms with Gasteiger partial charge in [0.05, 0.1) is 0 Å². The van der Waals surface area contributed by atoms with Gasteiger partial charge in [-0.05, 0) is 12.8 Å². The van der Waals surface area contributed by atoms with Gasteiger partial charge in [-0.15, -0.1) is 0 Å². The molecule has 0 aromatic rings. The third kappa shape index (κ3) is 7.78. The van der Waals surface area contributed by atoms with Crippen LogP contribution in [0.5, 0.6) is 0 Å². The molecule has 0 fully saturated rings. The first-order valence-corrected chi connectivity index (χ1v) is 5.03. The standard InChI is InChI=1S/C10H18NO4/c1-4-6-9(12)14-8(3)15-10(13)11-7-5-2/h8H,2,4-7H2,1,3H3,(H,11,13). The molecule has 1 amide bonds. The highest BCUT2D eigenvalue weighted by Crippen LogP contribution is 1.99. The topological polar surface area (TPSA) is 64.6 Å². The van der Waals surface area contributed by atoms with E-state index >= 15 is 0 Å². The van der Waals surface area contributed by atoms with Crippen LogP contribution in [0.15, 0.2) is 0 Å². The molecule has 0 saturated heterocycles. The molecule has 5 nitrogen and oxygen atoms in total. The minimum Gasteiger partial charge on any atom is -0.425 e. The maximum Gasteiger partial charge on any atom is 0.410 e. The van der Waals surface area contributed by atoms with Crippen molar-refractivity contribution in [1.82, 2.24) is 5.32 Å². The summed E-state index contributed by atoms with van der Waals surface area (Å²) in [6, 6.07) is 0. The van der Waals surface area contributed by atoms with Gasteiger partial charge >= 0.3 is 12.1 Å². The smallest absolute Gasteiger partial charge is 0.410 e. The van der Waals surface area contributed by atoms with Gasteiger partial charge in [-0.1, -0.05) is 13.8 Å². The van der Waals surface area contributed by atoms with E-state index < -0.39 is 12.4 Å². The summed E-state index contributed by atoms with van der Waals surface area (Å²) in [4.78, 5) is 22.0. The number of esters is 1. The zero-order chi connectivity index (χ0) is 11.7. The van der Waals surface area contributed by atoms with E-state index in [1.165, 1.54) is 6.92 Å². The van der Waals surface area contributed by atoms with Crippen LogP contribution in [0.25, 0.3) is 0 Å². The molecule has 0 aliphatic heterocycles. The summed E-state index contributed by atoms with van der Waals surface area (Å²) in [6.07, 6.45) is 0.163. The highest BCUT2D eigenvalue weighted by molar-refractivity contribution is 5.70. The van der Waals surface area contributed by atoms with Crippen molar-refractivity contribution in [3.05, 3.63) is 6.92 Å². The fraction of sp³-hybridized carbons (Fsp3) is 0.700. The van der Waals surface area contributed by atoms with Crippen LogP contribution in [0.4, 0.5) is 4.79 Å². The Morgan fingerprint density at radius 2 is 2.07 bits per heavy atom. The Balaban J connectivity index is 3.67. The Kier molecular flexibility index (Phi) is 7.40. The summed E-state index contributed by atoms with van der Waals surface area (Å²) in [5.41, 5.74) is 0. The lowest BCUT2D eigenvalue weighted by Crippen LogP contribution is -2.30. The number of hydrogen-bond donors (Lipinski definition) is 1. The Bertz CT molecular complexity index is 206. The molecule has 0 saturated carbocycles. The molecule has 0 aromatic heterocycles. The first-order valence-electron chi connectivity index (χ1n) is 5.03. The molecule has 15 heavy (non-hydrogen) atoms. The molecule has 1 N–H and O–H groups in total. The minimum atomic E-state index is -0.853. The van der Waals surface area contributed by atoms with Crippen molar-refractivity contribution < 1.29 is 19.1 Å². The average Bonchev–Trinajstić information content (AvgIpc) is 2.14. The molecule has 1 unspecified atom stereocenters. The second-order valence-corrected chi connectivity index (χ2v) is 2.99. The fourth-order valence-corrected chi connectivity index (χ4v) is 0.855. The second-order valence-electron chi connectivity index (χ2n) is 2.99. The van der Waals surface area contributed by atoms with Crippen LogP contribution >= 0.6 is 0 Å². The van der Waals surface area contributed by atoms with Crippen LogP contribution in [-0.4, -0.2) is 24.9 Å². The van der Waals surface area contributed by atoms with E-state index in [1.807, 2.05) is 6.92 Å². The van der Waals surface area contributed by atoms with Gasteiger partial charge in [-0.2, -0.15) is 0 Å². The molecule has 1 atom stereocenters. The average molecular weight is 216 g/mol. The van der Waals surface area contributed by atoms with Crippen molar-refractivity contribution in [3.8, 4) is 0 Å². The van der Waals surface area contributed by atoms with Gasteiger partial charge in [0, 0.05) is 19.9 Å². The monoisotopic (exact) mass is 216 g/mol. The summed E-state index contributed by atoms with van der Waals surface area (Å²) in [5.74, 6) is -0.366. The van der Waals surface area contributed by atoms with Crippen molar-refractivity contribution in [2.75, 3.05) is 6.54 Å². The third-order valence-electron chi connectivity index (χ3n) is 1.47. The largest absolute Gasteiger partial charge is 0.425 e. The number of rotatable bonds is 6. The first kappa shape index (κ1) is 13.7. The number of amides is 1. The van der Waals surface area contributed by atoms with E-state index in [1.54, 1.807) is 0 Å². The SMILES string of the molecule is [CH2]CCNC(=O)OC(C)OC(=O)CCC. The molecule has 0 rings (SSSR count). The van der Waals surface area contributed by atoms with Gasteiger partial charge in [-0.3, -0.25) is 4.79 Å². The van der Waals surface area contributed by atoms with Crippen LogP contribution in [0.2, 0.25) is 0 Å². The molecule has 87 valence electrons. The Hall–Kier alpha value is -1.26. The van der Waals surface area contributed by atoms with Crippen molar-refractivity contribution in [2.45, 2.75) is 39.4 Å². The van der Waals surface area contributed by atoms with E-state index in [-0.39, 0.29) is 5.97 Å². The fourth-order valence-electron chi connectivity index (χ4n) is 0.855. The highest BCUT2D eigenvalue weighted by atomic mass is 16.7. The number of carbonyl (C=O) groups excluding carboxylic acids is 2. The maximum absolute atomic E-state index is 11.0. The second kappa shape index (κ2) is 8.08. The third-order valence-corrected chi connectivity index (χ3v) is 1.47. The molecule has 0 heterocycles. The van der Waals surface area contributed by atoms with Crippen molar-refractivity contribution in [1.29, 1.82) is 0 Å². The molecule has 0 aliphatic rings. The number of carbonyl (C=O) groups is 2. The molecular weight excluding hydrogens is 198 g/mol. The normalized spacial score (nSPS) is 11.7. The molecule has 0 bridgehead atoms. The lowest BCUT2D eigenvalue weighted by molar-refractivity contribution is -0.164. The predicted molar refractivity (Wildman–Crippen MR) is 54.9 cm³/mol. The first-order chi connectivity index (χ1) is 7.10. The predicted octanol–water partition coefficient (Wildman–Crippen LogP) is 1.63. The Morgan fingerprint density at radius 3 is 2.60 bits per heavy atom. The highest BCUT2D eigenvalue weighted by Gasteiger charge is 2.12. The van der Waals surface area contributed by atoms with Gasteiger partial charge in [0.15, 0.2) is 0 Å². The number of alkyl carbamates (subject to hydrolysis) is 1. The lowest BCUT2D eigenvalue weighted by Gasteiger charge is -2.14. The minimum absolute atomic E-state index is 0.328. The van der Waals surface area contributed by atoms with E-state index in [0.29, 0.717) is 25.8 Å². The van der Waals surface area contributed by atoms with Crippen LogP contribution in [0, 0.1) is 6.92 Å². The van der Waals surface area contributed by atoms with E-state index in [4.69, 9.17) is 9.47 Å². The summed E-state index contributed by atoms with van der Waals surface area (Å²) in [7, 11) is 0. The van der Waals surface area contributed by atoms with Crippen LogP contribution in [-0.2, 0) is 14.3 Å². The lowest BCUT2D eigenvalue weighted by atomic mass is 10.3. The van der Waals surface area contributed by atoms with E-state index in [9.17, 15) is 9.59 Å². The summed E-state index contributed by atoms with van der Waals surface area (Å²) in [5, 5.41) is 2.45. The van der Waals surface area contributed by atoms with Crippen LogP contribution < -0.4 is 5.32 Å². The Morgan fingerprint density at radius 1 is 1.40 bits per heavy atom.